The number of hydrogen-bond donors (Lipinski definition) is 2. The lowest BCUT2D eigenvalue weighted by molar-refractivity contribution is 0.102. The first-order chi connectivity index (χ1) is 11.0. The maximum Gasteiger partial charge on any atom is 0.276 e. The molecule has 1 aromatic carbocycles. The van der Waals surface area contributed by atoms with E-state index in [4.69, 9.17) is 0 Å². The Bertz CT molecular complexity index is 846. The molecule has 2 aromatic heterocycles. The smallest absolute Gasteiger partial charge is 0.276 e. The number of aryl methyl sites for hydroxylation is 1. The van der Waals surface area contributed by atoms with Gasteiger partial charge in [0.15, 0.2) is 10.0 Å². The van der Waals surface area contributed by atoms with Crippen LogP contribution in [-0.4, -0.2) is 33.3 Å². The van der Waals surface area contributed by atoms with Crippen molar-refractivity contribution in [3.8, 4) is 0 Å². The predicted molar refractivity (Wildman–Crippen MR) is 87.6 cm³/mol. The van der Waals surface area contributed by atoms with Crippen LogP contribution in [0.4, 0.5) is 14.5 Å². The van der Waals surface area contributed by atoms with Crippen LogP contribution in [0.3, 0.4) is 0 Å². The number of hydrogen-bond acceptors (Lipinski definition) is 5. The summed E-state index contributed by atoms with van der Waals surface area (Å²) in [6.45, 7) is 1.81. The van der Waals surface area contributed by atoms with E-state index in [0.717, 1.165) is 27.7 Å². The second-order valence-corrected chi connectivity index (χ2v) is 7.05. The van der Waals surface area contributed by atoms with Gasteiger partial charge in [0.2, 0.25) is 6.43 Å². The van der Waals surface area contributed by atoms with Crippen LogP contribution in [0.2, 0.25) is 0 Å². The van der Waals surface area contributed by atoms with E-state index < -0.39 is 6.43 Å². The molecule has 9 heteroatoms. The molecule has 3 rings (SSSR count). The molecule has 0 fully saturated rings. The summed E-state index contributed by atoms with van der Waals surface area (Å²) in [6.07, 6.45) is -2.36. The highest BCUT2D eigenvalue weighted by Gasteiger charge is 2.12. The molecule has 0 aliphatic heterocycles. The summed E-state index contributed by atoms with van der Waals surface area (Å²) in [4.78, 5) is 16.3. The van der Waals surface area contributed by atoms with E-state index in [2.05, 4.69) is 20.5 Å². The summed E-state index contributed by atoms with van der Waals surface area (Å²) in [7, 11) is 0. The molecule has 3 aromatic rings. The Balaban J connectivity index is 1.75. The predicted octanol–water partition coefficient (Wildman–Crippen LogP) is 3.94. The molecular weight excluding hydrogens is 342 g/mol. The number of thiazole rings is 1. The number of rotatable bonds is 5. The Kier molecular flexibility index (Phi) is 4.58. The Morgan fingerprint density at radius 1 is 1.43 bits per heavy atom. The molecule has 0 bridgehead atoms. The van der Waals surface area contributed by atoms with Gasteiger partial charge in [0, 0.05) is 11.4 Å². The topological polar surface area (TPSA) is 70.7 Å². The Hall–Kier alpha value is -2.00. The largest absolute Gasteiger partial charge is 0.321 e. The van der Waals surface area contributed by atoms with Crippen LogP contribution in [0.15, 0.2) is 28.6 Å². The second kappa shape index (κ2) is 6.63. The first-order valence-electron chi connectivity index (χ1n) is 6.66. The summed E-state index contributed by atoms with van der Waals surface area (Å²) < 4.78 is 25.9. The molecule has 5 nitrogen and oxygen atoms in total. The third kappa shape index (κ3) is 3.85. The molecule has 0 unspecified atom stereocenters. The van der Waals surface area contributed by atoms with Crippen LogP contribution in [-0.2, 0) is 0 Å². The van der Waals surface area contributed by atoms with Crippen molar-refractivity contribution >= 4 is 44.9 Å². The standard InChI is InChI=1S/C14H12F2N4OS2/c1-7-4-10(20-19-7)13(21)17-8-2-3-9-11(5-8)23-14(18-9)22-6-12(15)16/h2-5,12H,6H2,1H3,(H,17,21)(H,19,20). The van der Waals surface area contributed by atoms with Crippen LogP contribution in [0.5, 0.6) is 0 Å². The molecule has 120 valence electrons. The SMILES string of the molecule is Cc1cc(C(=O)Nc2ccc3nc(SCC(F)F)sc3c2)n[nH]1. The van der Waals surface area contributed by atoms with E-state index >= 15 is 0 Å². The highest BCUT2D eigenvalue weighted by Crippen LogP contribution is 2.32. The van der Waals surface area contributed by atoms with Gasteiger partial charge < -0.3 is 5.32 Å². The monoisotopic (exact) mass is 354 g/mol. The maximum absolute atomic E-state index is 12.2. The third-order valence-corrected chi connectivity index (χ3v) is 5.07. The van der Waals surface area contributed by atoms with Gasteiger partial charge in [0.05, 0.1) is 16.0 Å². The number of carbonyl (C=O) groups is 1. The van der Waals surface area contributed by atoms with Crippen LogP contribution >= 0.6 is 23.1 Å². The number of nitrogens with one attached hydrogen (secondary N) is 2. The van der Waals surface area contributed by atoms with E-state index in [1.807, 2.05) is 6.92 Å². The molecule has 2 heterocycles. The first kappa shape index (κ1) is 15.9. The summed E-state index contributed by atoms with van der Waals surface area (Å²) >= 11 is 2.36. The Labute approximate surface area is 138 Å². The van der Waals surface area contributed by atoms with Crippen molar-refractivity contribution in [2.24, 2.45) is 0 Å². The summed E-state index contributed by atoms with van der Waals surface area (Å²) in [6, 6.07) is 6.90. The number of aromatic nitrogens is 3. The quantitative estimate of drug-likeness (QED) is 0.681. The number of anilines is 1. The summed E-state index contributed by atoms with van der Waals surface area (Å²) in [5.74, 6) is -0.590. The van der Waals surface area contributed by atoms with Crippen molar-refractivity contribution in [3.63, 3.8) is 0 Å². The van der Waals surface area contributed by atoms with Gasteiger partial charge in [-0.15, -0.1) is 11.3 Å². The van der Waals surface area contributed by atoms with E-state index in [1.165, 1.54) is 11.3 Å². The summed E-state index contributed by atoms with van der Waals surface area (Å²) in [5.41, 5.74) is 2.44. The van der Waals surface area contributed by atoms with Gasteiger partial charge >= 0.3 is 0 Å². The van der Waals surface area contributed by atoms with Crippen molar-refractivity contribution in [1.29, 1.82) is 0 Å². The van der Waals surface area contributed by atoms with Gasteiger partial charge in [-0.3, -0.25) is 9.89 Å². The third-order valence-electron chi connectivity index (χ3n) is 2.90. The average molecular weight is 354 g/mol. The van der Waals surface area contributed by atoms with Crippen molar-refractivity contribution in [1.82, 2.24) is 15.2 Å². The van der Waals surface area contributed by atoms with E-state index in [-0.39, 0.29) is 11.7 Å². The van der Waals surface area contributed by atoms with Gasteiger partial charge in [0.25, 0.3) is 5.91 Å². The van der Waals surface area contributed by atoms with Crippen LogP contribution < -0.4 is 5.32 Å². The number of benzene rings is 1. The zero-order valence-electron chi connectivity index (χ0n) is 12.0. The Morgan fingerprint density at radius 2 is 2.26 bits per heavy atom. The highest BCUT2D eigenvalue weighted by molar-refractivity contribution is 8.01. The maximum atomic E-state index is 12.2. The number of carbonyl (C=O) groups excluding carboxylic acids is 1. The molecule has 0 saturated carbocycles. The molecular formula is C14H12F2N4OS2. The van der Waals surface area contributed by atoms with Crippen molar-refractivity contribution in [2.45, 2.75) is 17.7 Å². The highest BCUT2D eigenvalue weighted by atomic mass is 32.2. The normalized spacial score (nSPS) is 11.3. The van der Waals surface area contributed by atoms with Crippen LogP contribution in [0.1, 0.15) is 16.2 Å². The number of alkyl halides is 2. The fourth-order valence-electron chi connectivity index (χ4n) is 1.91. The fourth-order valence-corrected chi connectivity index (χ4v) is 3.78. The number of amides is 1. The molecule has 2 N–H and O–H groups in total. The second-order valence-electron chi connectivity index (χ2n) is 4.75. The number of thioether (sulfide) groups is 1. The van der Waals surface area contributed by atoms with Crippen LogP contribution in [0.25, 0.3) is 10.2 Å². The van der Waals surface area contributed by atoms with Crippen molar-refractivity contribution in [3.05, 3.63) is 35.7 Å². The number of halogens is 2. The number of H-pyrrole nitrogens is 1. The van der Waals surface area contributed by atoms with E-state index in [0.29, 0.717) is 15.7 Å². The number of nitrogens with zero attached hydrogens (tertiary/aromatic N) is 2. The first-order valence-corrected chi connectivity index (χ1v) is 8.46. The minimum Gasteiger partial charge on any atom is -0.321 e. The van der Waals surface area contributed by atoms with E-state index in [9.17, 15) is 13.6 Å². The lowest BCUT2D eigenvalue weighted by atomic mass is 10.3. The molecule has 23 heavy (non-hydrogen) atoms. The molecule has 0 spiro atoms. The van der Waals surface area contributed by atoms with Gasteiger partial charge in [-0.2, -0.15) is 5.10 Å². The lowest BCUT2D eigenvalue weighted by Gasteiger charge is -2.02. The minimum absolute atomic E-state index is 0.276. The van der Waals surface area contributed by atoms with E-state index in [1.54, 1.807) is 24.3 Å². The summed E-state index contributed by atoms with van der Waals surface area (Å²) in [5, 5.41) is 9.36. The number of fused-ring (bicyclic) bond motifs is 1. The van der Waals surface area contributed by atoms with Gasteiger partial charge in [-0.05, 0) is 31.2 Å². The molecule has 1 amide bonds. The zero-order chi connectivity index (χ0) is 16.4. The minimum atomic E-state index is -2.36. The van der Waals surface area contributed by atoms with Gasteiger partial charge in [0.1, 0.15) is 0 Å². The fraction of sp³-hybridized carbons (Fsp3) is 0.214. The van der Waals surface area contributed by atoms with Crippen molar-refractivity contribution in [2.75, 3.05) is 11.1 Å². The molecule has 0 aliphatic rings. The number of aromatic amines is 1. The molecule has 0 aliphatic carbocycles. The molecule has 0 radical (unpaired) electrons. The molecule has 0 atom stereocenters. The van der Waals surface area contributed by atoms with Crippen LogP contribution in [0, 0.1) is 6.92 Å². The Morgan fingerprint density at radius 3 is 2.96 bits per heavy atom. The average Bonchev–Trinajstić information content (AvgIpc) is 3.10. The van der Waals surface area contributed by atoms with Crippen molar-refractivity contribution < 1.29 is 13.6 Å². The lowest BCUT2D eigenvalue weighted by Crippen LogP contribution is -2.12. The van der Waals surface area contributed by atoms with Gasteiger partial charge in [-0.1, -0.05) is 11.8 Å². The zero-order valence-corrected chi connectivity index (χ0v) is 13.6. The molecule has 0 saturated heterocycles. The van der Waals surface area contributed by atoms with Gasteiger partial charge in [-0.25, -0.2) is 13.8 Å².